The number of nitrogens with zero attached hydrogens (tertiary/aromatic N) is 1. The number of ether oxygens (including phenoxy) is 2. The molecule has 0 unspecified atom stereocenters. The first kappa shape index (κ1) is 21.3. The van der Waals surface area contributed by atoms with Gasteiger partial charge in [-0.05, 0) is 51.7 Å². The third-order valence-electron chi connectivity index (χ3n) is 5.12. The van der Waals surface area contributed by atoms with Gasteiger partial charge < -0.3 is 9.47 Å². The van der Waals surface area contributed by atoms with Gasteiger partial charge in [-0.1, -0.05) is 72.8 Å². The van der Waals surface area contributed by atoms with Crippen LogP contribution in [-0.4, -0.2) is 19.2 Å². The summed E-state index contributed by atoms with van der Waals surface area (Å²) in [6.45, 7) is 0.489. The molecule has 32 heavy (non-hydrogen) atoms. The number of methoxy groups -OCH3 is 1. The summed E-state index contributed by atoms with van der Waals surface area (Å²) in [6, 6.07) is 31.3. The first-order chi connectivity index (χ1) is 15.7. The van der Waals surface area contributed by atoms with Crippen molar-refractivity contribution >= 4 is 22.9 Å². The van der Waals surface area contributed by atoms with Gasteiger partial charge in [0.2, 0.25) is 0 Å². The van der Waals surface area contributed by atoms with E-state index in [1.807, 2.05) is 72.8 Å². The molecule has 1 N–H and O–H groups in total. The second-order valence-corrected chi connectivity index (χ2v) is 7.26. The van der Waals surface area contributed by atoms with Crippen LogP contribution in [0.1, 0.15) is 22.8 Å². The second kappa shape index (κ2) is 10.4. The Morgan fingerprint density at radius 3 is 2.41 bits per heavy atom. The third kappa shape index (κ3) is 5.20. The molecule has 4 rings (SSSR count). The Morgan fingerprint density at radius 1 is 0.906 bits per heavy atom. The summed E-state index contributed by atoms with van der Waals surface area (Å²) in [4.78, 5) is 12.4. The average Bonchev–Trinajstić information content (AvgIpc) is 2.85. The van der Waals surface area contributed by atoms with E-state index >= 15 is 0 Å². The molecule has 0 aliphatic rings. The summed E-state index contributed by atoms with van der Waals surface area (Å²) in [6.07, 6.45) is 0.877. The molecule has 0 heterocycles. The monoisotopic (exact) mass is 424 g/mol. The molecule has 0 aliphatic heterocycles. The molecule has 0 aliphatic carbocycles. The van der Waals surface area contributed by atoms with Crippen LogP contribution in [0.3, 0.4) is 0 Å². The first-order valence-corrected chi connectivity index (χ1v) is 10.3. The highest BCUT2D eigenvalue weighted by Crippen LogP contribution is 2.21. The fourth-order valence-electron chi connectivity index (χ4n) is 3.48. The van der Waals surface area contributed by atoms with Gasteiger partial charge >= 0.3 is 0 Å². The standard InChI is InChI=1S/C27H24N2O3/c1-31-26(22-9-3-2-4-10-22)27(30)29-28-18-20-14-16-24(17-15-20)32-19-23-12-7-11-21-8-5-6-13-25(21)23/h2-18,26H,19H2,1H3,(H,29,30)/b28-18-/t26-/m0/s1. The van der Waals surface area contributed by atoms with Gasteiger partial charge in [-0.2, -0.15) is 5.10 Å². The second-order valence-electron chi connectivity index (χ2n) is 7.26. The zero-order chi connectivity index (χ0) is 22.2. The molecule has 0 saturated heterocycles. The molecule has 4 aromatic carbocycles. The highest BCUT2D eigenvalue weighted by Gasteiger charge is 2.19. The highest BCUT2D eigenvalue weighted by molar-refractivity contribution is 5.86. The quantitative estimate of drug-likeness (QED) is 0.310. The fraction of sp³-hybridized carbons (Fsp3) is 0.111. The molecule has 0 bridgehead atoms. The predicted octanol–water partition coefficient (Wildman–Crippen LogP) is 5.26. The molecule has 0 saturated carbocycles. The molecular weight excluding hydrogens is 400 g/mol. The Kier molecular flexibility index (Phi) is 6.90. The van der Waals surface area contributed by atoms with Crippen molar-refractivity contribution in [1.29, 1.82) is 0 Å². The van der Waals surface area contributed by atoms with Gasteiger partial charge in [0.05, 0.1) is 6.21 Å². The Balaban J connectivity index is 1.33. The van der Waals surface area contributed by atoms with Gasteiger partial charge in [0.1, 0.15) is 12.4 Å². The van der Waals surface area contributed by atoms with Crippen LogP contribution in [0.5, 0.6) is 5.75 Å². The molecule has 0 fully saturated rings. The largest absolute Gasteiger partial charge is 0.489 e. The number of hydrogen-bond donors (Lipinski definition) is 1. The number of fused-ring (bicyclic) bond motifs is 1. The summed E-state index contributed by atoms with van der Waals surface area (Å²) in [7, 11) is 1.50. The van der Waals surface area contributed by atoms with Gasteiger partial charge in [-0.3, -0.25) is 4.79 Å². The van der Waals surface area contributed by atoms with Crippen molar-refractivity contribution in [3.63, 3.8) is 0 Å². The number of hydrazone groups is 1. The summed E-state index contributed by atoms with van der Waals surface area (Å²) in [5.74, 6) is 0.438. The molecule has 160 valence electrons. The predicted molar refractivity (Wildman–Crippen MR) is 127 cm³/mol. The molecule has 0 spiro atoms. The molecule has 5 heteroatoms. The Labute approximate surface area is 187 Å². The van der Waals surface area contributed by atoms with E-state index in [2.05, 4.69) is 34.8 Å². The third-order valence-corrected chi connectivity index (χ3v) is 5.12. The van der Waals surface area contributed by atoms with E-state index in [0.717, 1.165) is 22.4 Å². The summed E-state index contributed by atoms with van der Waals surface area (Å²) < 4.78 is 11.3. The van der Waals surface area contributed by atoms with E-state index < -0.39 is 6.10 Å². The van der Waals surface area contributed by atoms with Crippen molar-refractivity contribution in [2.45, 2.75) is 12.7 Å². The number of carbonyl (C=O) groups excluding carboxylic acids is 1. The summed E-state index contributed by atoms with van der Waals surface area (Å²) >= 11 is 0. The van der Waals surface area contributed by atoms with Gasteiger partial charge in [-0.15, -0.1) is 0 Å². The maximum Gasteiger partial charge on any atom is 0.273 e. The number of carbonyl (C=O) groups is 1. The normalized spacial score (nSPS) is 12.0. The molecular formula is C27H24N2O3. The molecule has 0 radical (unpaired) electrons. The molecule has 0 aromatic heterocycles. The number of amides is 1. The molecule has 1 atom stereocenters. The van der Waals surface area contributed by atoms with E-state index in [0.29, 0.717) is 6.61 Å². The lowest BCUT2D eigenvalue weighted by molar-refractivity contribution is -0.131. The maximum absolute atomic E-state index is 12.4. The summed E-state index contributed by atoms with van der Waals surface area (Å²) in [5.41, 5.74) is 5.29. The van der Waals surface area contributed by atoms with Crippen molar-refractivity contribution in [2.24, 2.45) is 5.10 Å². The number of rotatable bonds is 8. The Bertz CT molecular complexity index is 1200. The van der Waals surface area contributed by atoms with Crippen LogP contribution in [0.4, 0.5) is 0 Å². The van der Waals surface area contributed by atoms with Crippen LogP contribution < -0.4 is 10.2 Å². The van der Waals surface area contributed by atoms with Crippen molar-refractivity contribution in [2.75, 3.05) is 7.11 Å². The van der Waals surface area contributed by atoms with E-state index in [-0.39, 0.29) is 5.91 Å². The minimum absolute atomic E-state index is 0.329. The van der Waals surface area contributed by atoms with Crippen LogP contribution in [0.2, 0.25) is 0 Å². The minimum atomic E-state index is -0.710. The summed E-state index contributed by atoms with van der Waals surface area (Å²) in [5, 5.41) is 6.44. The fourth-order valence-corrected chi connectivity index (χ4v) is 3.48. The van der Waals surface area contributed by atoms with Crippen molar-refractivity contribution in [3.8, 4) is 5.75 Å². The highest BCUT2D eigenvalue weighted by atomic mass is 16.5. The van der Waals surface area contributed by atoms with E-state index in [9.17, 15) is 4.79 Å². The van der Waals surface area contributed by atoms with Crippen LogP contribution in [0, 0.1) is 0 Å². The number of benzene rings is 4. The van der Waals surface area contributed by atoms with Crippen LogP contribution in [0.25, 0.3) is 10.8 Å². The Hall–Kier alpha value is -3.96. The van der Waals surface area contributed by atoms with E-state index in [1.54, 1.807) is 6.21 Å². The SMILES string of the molecule is CO[C@H](C(=O)N/N=C\c1ccc(OCc2cccc3ccccc23)cc1)c1ccccc1. The van der Waals surface area contributed by atoms with Gasteiger partial charge in [-0.25, -0.2) is 5.43 Å². The molecule has 5 nitrogen and oxygen atoms in total. The van der Waals surface area contributed by atoms with Crippen molar-refractivity contribution < 1.29 is 14.3 Å². The first-order valence-electron chi connectivity index (χ1n) is 10.3. The number of hydrogen-bond acceptors (Lipinski definition) is 4. The van der Waals surface area contributed by atoms with Gasteiger partial charge in [0.15, 0.2) is 6.10 Å². The lowest BCUT2D eigenvalue weighted by Gasteiger charge is -2.13. The topological polar surface area (TPSA) is 59.9 Å². The van der Waals surface area contributed by atoms with Crippen LogP contribution >= 0.6 is 0 Å². The van der Waals surface area contributed by atoms with Gasteiger partial charge in [0.25, 0.3) is 5.91 Å². The lowest BCUT2D eigenvalue weighted by atomic mass is 10.1. The van der Waals surface area contributed by atoms with Crippen molar-refractivity contribution in [1.82, 2.24) is 5.43 Å². The van der Waals surface area contributed by atoms with Crippen LogP contribution in [0.15, 0.2) is 102 Å². The zero-order valence-corrected chi connectivity index (χ0v) is 17.8. The number of nitrogens with one attached hydrogen (secondary N) is 1. The van der Waals surface area contributed by atoms with Crippen LogP contribution in [-0.2, 0) is 16.1 Å². The Morgan fingerprint density at radius 2 is 1.62 bits per heavy atom. The van der Waals surface area contributed by atoms with Crippen molar-refractivity contribution in [3.05, 3.63) is 114 Å². The smallest absolute Gasteiger partial charge is 0.273 e. The molecule has 1 amide bonds. The minimum Gasteiger partial charge on any atom is -0.489 e. The van der Waals surface area contributed by atoms with E-state index in [1.165, 1.54) is 17.9 Å². The zero-order valence-electron chi connectivity index (χ0n) is 17.8. The van der Waals surface area contributed by atoms with Gasteiger partial charge in [0, 0.05) is 7.11 Å². The maximum atomic E-state index is 12.4. The molecule has 4 aromatic rings. The lowest BCUT2D eigenvalue weighted by Crippen LogP contribution is -2.26. The van der Waals surface area contributed by atoms with E-state index in [4.69, 9.17) is 9.47 Å². The average molecular weight is 425 g/mol.